The average Bonchev–Trinajstić information content (AvgIpc) is 2.90. The van der Waals surface area contributed by atoms with Crippen LogP contribution in [0.4, 0.5) is 11.4 Å². The van der Waals surface area contributed by atoms with Gasteiger partial charge in [-0.05, 0) is 48.0 Å². The maximum atomic E-state index is 12.8. The highest BCUT2D eigenvalue weighted by atomic mass is 32.2. The number of hydrogen-bond donors (Lipinski definition) is 2. The number of nitrogens with zero attached hydrogens (tertiary/aromatic N) is 2. The summed E-state index contributed by atoms with van der Waals surface area (Å²) in [5, 5.41) is 4.00. The van der Waals surface area contributed by atoms with Gasteiger partial charge in [0, 0.05) is 24.3 Å². The zero-order valence-electron chi connectivity index (χ0n) is 19.2. The zero-order chi connectivity index (χ0) is 24.7. The number of hydrazone groups is 1. The molecule has 1 saturated heterocycles. The standard InChI is InChI=1S/C25H26N4O5S/c1-33-24-8-3-2-7-23(24)28-35(31,32)22-6-4-5-20(17-22)25(30)27-26-18-19-9-11-21(12-10-19)29-13-15-34-16-14-29/h2-12,17-18,28H,13-16H2,1H3,(H,27,30)/b26-18-. The highest BCUT2D eigenvalue weighted by molar-refractivity contribution is 7.92. The largest absolute Gasteiger partial charge is 0.495 e. The number of carbonyl (C=O) groups is 1. The molecular weight excluding hydrogens is 468 g/mol. The van der Waals surface area contributed by atoms with Gasteiger partial charge in [0.1, 0.15) is 5.75 Å². The molecule has 0 radical (unpaired) electrons. The summed E-state index contributed by atoms with van der Waals surface area (Å²) in [4.78, 5) is 14.7. The Morgan fingerprint density at radius 3 is 2.51 bits per heavy atom. The molecule has 0 aromatic heterocycles. The van der Waals surface area contributed by atoms with E-state index >= 15 is 0 Å². The van der Waals surface area contributed by atoms with Crippen molar-refractivity contribution in [3.05, 3.63) is 83.9 Å². The summed E-state index contributed by atoms with van der Waals surface area (Å²) in [6, 6.07) is 20.2. The molecule has 9 nitrogen and oxygen atoms in total. The second kappa shape index (κ2) is 11.0. The second-order valence-electron chi connectivity index (χ2n) is 7.72. The Morgan fingerprint density at radius 2 is 1.77 bits per heavy atom. The number of rotatable bonds is 8. The van der Waals surface area contributed by atoms with E-state index in [1.54, 1.807) is 24.3 Å². The molecule has 0 atom stereocenters. The quantitative estimate of drug-likeness (QED) is 0.368. The van der Waals surface area contributed by atoms with Gasteiger partial charge >= 0.3 is 0 Å². The number of morpholine rings is 1. The van der Waals surface area contributed by atoms with Gasteiger partial charge in [0.2, 0.25) is 0 Å². The molecule has 1 aliphatic rings. The Bertz CT molecular complexity index is 1300. The third-order valence-corrected chi connectivity index (χ3v) is 6.77. The lowest BCUT2D eigenvalue weighted by atomic mass is 10.2. The van der Waals surface area contributed by atoms with E-state index < -0.39 is 15.9 Å². The lowest BCUT2D eigenvalue weighted by Gasteiger charge is -2.28. The molecule has 1 amide bonds. The van der Waals surface area contributed by atoms with Gasteiger partial charge in [-0.2, -0.15) is 5.10 Å². The first-order chi connectivity index (χ1) is 17.0. The Hall–Kier alpha value is -3.89. The van der Waals surface area contributed by atoms with Crippen LogP contribution >= 0.6 is 0 Å². The fraction of sp³-hybridized carbons (Fsp3) is 0.200. The summed E-state index contributed by atoms with van der Waals surface area (Å²) in [7, 11) is -2.48. The molecule has 1 fully saturated rings. The lowest BCUT2D eigenvalue weighted by molar-refractivity contribution is 0.0955. The minimum Gasteiger partial charge on any atom is -0.495 e. The summed E-state index contributed by atoms with van der Waals surface area (Å²) < 4.78 is 38.7. The molecule has 4 rings (SSSR count). The number of anilines is 2. The highest BCUT2D eigenvalue weighted by Crippen LogP contribution is 2.26. The Labute approximate surface area is 204 Å². The Morgan fingerprint density at radius 1 is 1.03 bits per heavy atom. The van der Waals surface area contributed by atoms with Crippen molar-refractivity contribution in [3.8, 4) is 5.75 Å². The molecule has 0 spiro atoms. The molecule has 2 N–H and O–H groups in total. The Kier molecular flexibility index (Phi) is 7.64. The average molecular weight is 495 g/mol. The van der Waals surface area contributed by atoms with Crippen molar-refractivity contribution in [2.24, 2.45) is 5.10 Å². The van der Waals surface area contributed by atoms with Crippen molar-refractivity contribution in [2.75, 3.05) is 43.0 Å². The number of carbonyl (C=O) groups excluding carboxylic acids is 1. The van der Waals surface area contributed by atoms with Crippen LogP contribution in [0.3, 0.4) is 0 Å². The number of nitrogens with one attached hydrogen (secondary N) is 2. The maximum absolute atomic E-state index is 12.8. The minimum absolute atomic E-state index is 0.0567. The number of benzene rings is 3. The predicted molar refractivity (Wildman–Crippen MR) is 135 cm³/mol. The molecule has 3 aromatic rings. The first-order valence-electron chi connectivity index (χ1n) is 11.0. The molecule has 182 valence electrons. The van der Waals surface area contributed by atoms with Crippen LogP contribution in [0.5, 0.6) is 5.75 Å². The van der Waals surface area contributed by atoms with Crippen LogP contribution in [-0.4, -0.2) is 54.0 Å². The normalized spacial score (nSPS) is 14.0. The molecule has 0 unspecified atom stereocenters. The van der Waals surface area contributed by atoms with Crippen molar-refractivity contribution in [1.82, 2.24) is 5.43 Å². The number of sulfonamides is 1. The van der Waals surface area contributed by atoms with E-state index in [0.29, 0.717) is 24.7 Å². The Balaban J connectivity index is 1.40. The molecule has 0 bridgehead atoms. The van der Waals surface area contributed by atoms with Gasteiger partial charge in [-0.15, -0.1) is 0 Å². The molecule has 1 aliphatic heterocycles. The van der Waals surface area contributed by atoms with Gasteiger partial charge in [0.05, 0.1) is 37.1 Å². The predicted octanol–water partition coefficient (Wildman–Crippen LogP) is 3.10. The van der Waals surface area contributed by atoms with E-state index in [0.717, 1.165) is 24.3 Å². The topological polar surface area (TPSA) is 109 Å². The molecule has 10 heteroatoms. The van der Waals surface area contributed by atoms with Gasteiger partial charge in [0.15, 0.2) is 0 Å². The third kappa shape index (κ3) is 6.17. The first-order valence-corrected chi connectivity index (χ1v) is 12.5. The van der Waals surface area contributed by atoms with Gasteiger partial charge in [0.25, 0.3) is 15.9 Å². The van der Waals surface area contributed by atoms with Crippen molar-refractivity contribution < 1.29 is 22.7 Å². The maximum Gasteiger partial charge on any atom is 0.271 e. The SMILES string of the molecule is COc1ccccc1NS(=O)(=O)c1cccc(C(=O)N/N=C\c2ccc(N3CCOCC3)cc2)c1. The smallest absolute Gasteiger partial charge is 0.271 e. The van der Waals surface area contributed by atoms with Crippen molar-refractivity contribution in [3.63, 3.8) is 0 Å². The summed E-state index contributed by atoms with van der Waals surface area (Å²) in [5.74, 6) is -0.141. The highest BCUT2D eigenvalue weighted by Gasteiger charge is 2.18. The van der Waals surface area contributed by atoms with Crippen LogP contribution in [0.2, 0.25) is 0 Å². The number of hydrogen-bond acceptors (Lipinski definition) is 7. The van der Waals surface area contributed by atoms with Crippen LogP contribution in [0, 0.1) is 0 Å². The molecule has 35 heavy (non-hydrogen) atoms. The fourth-order valence-corrected chi connectivity index (χ4v) is 4.68. The van der Waals surface area contributed by atoms with E-state index in [4.69, 9.17) is 9.47 Å². The van der Waals surface area contributed by atoms with Crippen LogP contribution in [0.1, 0.15) is 15.9 Å². The minimum atomic E-state index is -3.94. The second-order valence-corrected chi connectivity index (χ2v) is 9.41. The van der Waals surface area contributed by atoms with E-state index in [1.165, 1.54) is 37.6 Å². The summed E-state index contributed by atoms with van der Waals surface area (Å²) >= 11 is 0. The van der Waals surface area contributed by atoms with Crippen LogP contribution < -0.4 is 19.8 Å². The van der Waals surface area contributed by atoms with Crippen molar-refractivity contribution in [2.45, 2.75) is 4.90 Å². The summed E-state index contributed by atoms with van der Waals surface area (Å²) in [6.45, 7) is 3.14. The number of methoxy groups -OCH3 is 1. The number of amides is 1. The van der Waals surface area contributed by atoms with Crippen molar-refractivity contribution in [1.29, 1.82) is 0 Å². The number of ether oxygens (including phenoxy) is 2. The first kappa shape index (κ1) is 24.2. The van der Waals surface area contributed by atoms with Gasteiger partial charge in [-0.3, -0.25) is 9.52 Å². The molecule has 0 saturated carbocycles. The molecule has 0 aliphatic carbocycles. The molecule has 3 aromatic carbocycles. The van der Waals surface area contributed by atoms with Crippen molar-refractivity contribution >= 4 is 33.5 Å². The summed E-state index contributed by atoms with van der Waals surface area (Å²) in [6.07, 6.45) is 1.53. The van der Waals surface area contributed by atoms with Crippen LogP contribution in [-0.2, 0) is 14.8 Å². The molecular formula is C25H26N4O5S. The van der Waals surface area contributed by atoms with E-state index in [2.05, 4.69) is 20.1 Å². The van der Waals surface area contributed by atoms with Gasteiger partial charge in [-0.25, -0.2) is 13.8 Å². The fourth-order valence-electron chi connectivity index (χ4n) is 3.56. The van der Waals surface area contributed by atoms with E-state index in [1.807, 2.05) is 24.3 Å². The lowest BCUT2D eigenvalue weighted by Crippen LogP contribution is -2.36. The van der Waals surface area contributed by atoms with Crippen LogP contribution in [0.25, 0.3) is 0 Å². The van der Waals surface area contributed by atoms with E-state index in [-0.39, 0.29) is 10.5 Å². The zero-order valence-corrected chi connectivity index (χ0v) is 20.0. The third-order valence-electron chi connectivity index (χ3n) is 5.41. The van der Waals surface area contributed by atoms with Crippen LogP contribution in [0.15, 0.2) is 82.8 Å². The van der Waals surface area contributed by atoms with Gasteiger partial charge < -0.3 is 14.4 Å². The number of para-hydroxylation sites is 2. The van der Waals surface area contributed by atoms with Gasteiger partial charge in [-0.1, -0.05) is 30.3 Å². The van der Waals surface area contributed by atoms with E-state index in [9.17, 15) is 13.2 Å². The summed E-state index contributed by atoms with van der Waals surface area (Å²) in [5.41, 5.74) is 4.83. The monoisotopic (exact) mass is 494 g/mol. The molecule has 1 heterocycles.